The summed E-state index contributed by atoms with van der Waals surface area (Å²) in [6.45, 7) is 12.5. The monoisotopic (exact) mass is 476 g/mol. The topological polar surface area (TPSA) is 68.2 Å². The number of rotatable bonds is 6. The van der Waals surface area contributed by atoms with Crippen LogP contribution in [-0.2, 0) is 4.79 Å². The van der Waals surface area contributed by atoms with Gasteiger partial charge in [0, 0.05) is 23.3 Å². The number of carbonyl (C=O) groups is 1. The first-order valence-corrected chi connectivity index (χ1v) is 12.8. The smallest absolute Gasteiger partial charge is 0.247 e. The summed E-state index contributed by atoms with van der Waals surface area (Å²) in [4.78, 5) is 20.1. The number of fused-ring (bicyclic) bond motifs is 3. The van der Waals surface area contributed by atoms with Crippen molar-refractivity contribution >= 4 is 23.4 Å². The van der Waals surface area contributed by atoms with E-state index in [-0.39, 0.29) is 5.91 Å². The molecule has 0 saturated heterocycles. The molecule has 1 atom stereocenters. The Bertz CT molecular complexity index is 1210. The Morgan fingerprint density at radius 3 is 2.53 bits per heavy atom. The summed E-state index contributed by atoms with van der Waals surface area (Å²) < 4.78 is 6.59. The summed E-state index contributed by atoms with van der Waals surface area (Å²) >= 11 is 1.56. The van der Waals surface area contributed by atoms with E-state index in [2.05, 4.69) is 50.0 Å². The first kappa shape index (κ1) is 24.2. The number of carbonyl (C=O) groups excluding carboxylic acids is 1. The molecule has 4 rings (SSSR count). The highest BCUT2D eigenvalue weighted by Crippen LogP contribution is 2.44. The Hall–Kier alpha value is -2.93. The van der Waals surface area contributed by atoms with Crippen molar-refractivity contribution in [3.8, 4) is 17.1 Å². The van der Waals surface area contributed by atoms with Crippen LogP contribution < -0.4 is 9.64 Å². The molecule has 178 valence electrons. The van der Waals surface area contributed by atoms with E-state index in [0.29, 0.717) is 29.1 Å². The van der Waals surface area contributed by atoms with E-state index < -0.39 is 6.23 Å². The Morgan fingerprint density at radius 1 is 1.09 bits per heavy atom. The van der Waals surface area contributed by atoms with Crippen molar-refractivity contribution in [2.24, 2.45) is 5.92 Å². The van der Waals surface area contributed by atoms with Crippen molar-refractivity contribution < 1.29 is 9.53 Å². The van der Waals surface area contributed by atoms with E-state index >= 15 is 0 Å². The number of anilines is 1. The van der Waals surface area contributed by atoms with Crippen LogP contribution in [0.3, 0.4) is 0 Å². The maximum absolute atomic E-state index is 13.5. The van der Waals surface area contributed by atoms with Gasteiger partial charge in [-0.1, -0.05) is 67.9 Å². The SMILES string of the molecule is CCCC(=O)N1c2ccc(C)cc2-c2nnc(SCC(C)C)nc2O[C@@H]1c1ccc(C)cc1C. The molecule has 1 amide bonds. The third-order valence-corrected chi connectivity index (χ3v) is 6.99. The van der Waals surface area contributed by atoms with Crippen LogP contribution in [0.25, 0.3) is 11.3 Å². The summed E-state index contributed by atoms with van der Waals surface area (Å²) in [6, 6.07) is 12.2. The molecule has 0 aliphatic carbocycles. The first-order chi connectivity index (χ1) is 16.3. The molecule has 0 spiro atoms. The van der Waals surface area contributed by atoms with Gasteiger partial charge >= 0.3 is 0 Å². The van der Waals surface area contributed by atoms with Crippen LogP contribution >= 0.6 is 11.8 Å². The van der Waals surface area contributed by atoms with Crippen molar-refractivity contribution in [1.82, 2.24) is 15.2 Å². The van der Waals surface area contributed by atoms with Gasteiger partial charge in [-0.3, -0.25) is 9.69 Å². The molecule has 2 heterocycles. The van der Waals surface area contributed by atoms with Gasteiger partial charge in [0.25, 0.3) is 0 Å². The largest absolute Gasteiger partial charge is 0.447 e. The predicted octanol–water partition coefficient (Wildman–Crippen LogP) is 6.44. The third kappa shape index (κ3) is 4.94. The summed E-state index contributed by atoms with van der Waals surface area (Å²) in [5.74, 6) is 1.80. The van der Waals surface area contributed by atoms with Crippen LogP contribution in [-0.4, -0.2) is 26.8 Å². The molecule has 0 N–H and O–H groups in total. The average Bonchev–Trinajstić information content (AvgIpc) is 2.92. The molecule has 6 nitrogen and oxygen atoms in total. The van der Waals surface area contributed by atoms with E-state index in [9.17, 15) is 4.79 Å². The lowest BCUT2D eigenvalue weighted by Crippen LogP contribution is -2.38. The van der Waals surface area contributed by atoms with Gasteiger partial charge in [0.15, 0.2) is 5.69 Å². The molecule has 0 saturated carbocycles. The lowest BCUT2D eigenvalue weighted by atomic mass is 10.0. The van der Waals surface area contributed by atoms with Gasteiger partial charge in [-0.25, -0.2) is 0 Å². The highest BCUT2D eigenvalue weighted by molar-refractivity contribution is 7.99. The molecule has 1 aliphatic rings. The number of amides is 1. The van der Waals surface area contributed by atoms with Crippen LogP contribution in [0.4, 0.5) is 5.69 Å². The van der Waals surface area contributed by atoms with Gasteiger partial charge in [0.1, 0.15) is 0 Å². The van der Waals surface area contributed by atoms with Crippen molar-refractivity contribution in [2.75, 3.05) is 10.7 Å². The molecule has 1 aromatic heterocycles. The zero-order valence-corrected chi connectivity index (χ0v) is 21.6. The van der Waals surface area contributed by atoms with E-state index in [1.807, 2.05) is 38.1 Å². The van der Waals surface area contributed by atoms with Crippen LogP contribution in [0.15, 0.2) is 41.6 Å². The number of hydrogen-bond acceptors (Lipinski definition) is 6. The lowest BCUT2D eigenvalue weighted by Gasteiger charge is -2.32. The van der Waals surface area contributed by atoms with Crippen LogP contribution in [0.2, 0.25) is 0 Å². The van der Waals surface area contributed by atoms with Gasteiger partial charge in [-0.2, -0.15) is 4.98 Å². The molecule has 2 aromatic carbocycles. The minimum Gasteiger partial charge on any atom is -0.447 e. The highest BCUT2D eigenvalue weighted by Gasteiger charge is 2.36. The minimum atomic E-state index is -0.651. The zero-order valence-electron chi connectivity index (χ0n) is 20.8. The number of ether oxygens (including phenoxy) is 1. The second kappa shape index (κ2) is 10.1. The summed E-state index contributed by atoms with van der Waals surface area (Å²) in [5.41, 5.74) is 6.37. The summed E-state index contributed by atoms with van der Waals surface area (Å²) in [6.07, 6.45) is 0.516. The molecule has 0 radical (unpaired) electrons. The zero-order chi connectivity index (χ0) is 24.4. The van der Waals surface area contributed by atoms with Crippen LogP contribution in [0.5, 0.6) is 5.88 Å². The van der Waals surface area contributed by atoms with E-state index in [4.69, 9.17) is 9.72 Å². The van der Waals surface area contributed by atoms with Crippen molar-refractivity contribution in [3.05, 3.63) is 58.7 Å². The van der Waals surface area contributed by atoms with Gasteiger partial charge < -0.3 is 4.74 Å². The fraction of sp³-hybridized carbons (Fsp3) is 0.407. The standard InChI is InChI=1S/C27H32N4O2S/c1-7-8-23(32)31-22-12-10-18(5)14-21(22)24-25(28-27(30-29-24)34-15-16(2)3)33-26(31)20-11-9-17(4)13-19(20)6/h9-14,16,26H,7-8,15H2,1-6H3/t26-/m1/s1. The minimum absolute atomic E-state index is 0.00718. The molecular formula is C27H32N4O2S. The van der Waals surface area contributed by atoms with Crippen molar-refractivity contribution in [1.29, 1.82) is 0 Å². The fourth-order valence-corrected chi connectivity index (χ4v) is 4.82. The fourth-order valence-electron chi connectivity index (χ4n) is 4.09. The summed E-state index contributed by atoms with van der Waals surface area (Å²) in [5, 5.41) is 9.51. The predicted molar refractivity (Wildman–Crippen MR) is 137 cm³/mol. The molecule has 0 bridgehead atoms. The first-order valence-electron chi connectivity index (χ1n) is 11.8. The second-order valence-electron chi connectivity index (χ2n) is 9.32. The quantitative estimate of drug-likeness (QED) is 0.382. The number of aryl methyl sites for hydroxylation is 3. The Morgan fingerprint density at radius 2 is 1.82 bits per heavy atom. The number of thioether (sulfide) groups is 1. The maximum Gasteiger partial charge on any atom is 0.247 e. The Labute approximate surface area is 206 Å². The maximum atomic E-state index is 13.5. The van der Waals surface area contributed by atoms with Gasteiger partial charge in [0.05, 0.1) is 5.69 Å². The lowest BCUT2D eigenvalue weighted by molar-refractivity contribution is -0.120. The molecule has 1 aliphatic heterocycles. The molecule has 34 heavy (non-hydrogen) atoms. The average molecular weight is 477 g/mol. The molecule has 0 unspecified atom stereocenters. The second-order valence-corrected chi connectivity index (χ2v) is 10.3. The Balaban J connectivity index is 1.93. The molecule has 7 heteroatoms. The van der Waals surface area contributed by atoms with Crippen molar-refractivity contribution in [2.45, 2.75) is 65.8 Å². The number of hydrogen-bond donors (Lipinski definition) is 0. The van der Waals surface area contributed by atoms with E-state index in [1.54, 1.807) is 16.7 Å². The number of benzene rings is 2. The third-order valence-electron chi connectivity index (χ3n) is 5.73. The van der Waals surface area contributed by atoms with E-state index in [0.717, 1.165) is 45.7 Å². The van der Waals surface area contributed by atoms with Crippen molar-refractivity contribution in [3.63, 3.8) is 0 Å². The molecule has 0 fully saturated rings. The van der Waals surface area contributed by atoms with Gasteiger partial charge in [-0.05, 0) is 50.8 Å². The van der Waals surface area contributed by atoms with Crippen LogP contribution in [0, 0.1) is 26.7 Å². The highest BCUT2D eigenvalue weighted by atomic mass is 32.2. The van der Waals surface area contributed by atoms with Crippen LogP contribution in [0.1, 0.15) is 62.1 Å². The molecule has 3 aromatic rings. The van der Waals surface area contributed by atoms with Gasteiger partial charge in [0.2, 0.25) is 23.2 Å². The van der Waals surface area contributed by atoms with Gasteiger partial charge in [-0.15, -0.1) is 10.2 Å². The van der Waals surface area contributed by atoms with E-state index in [1.165, 1.54) is 0 Å². The summed E-state index contributed by atoms with van der Waals surface area (Å²) in [7, 11) is 0. The Kier molecular flexibility index (Phi) is 7.22. The number of aromatic nitrogens is 3. The molecular weight excluding hydrogens is 444 g/mol. The number of nitrogens with zero attached hydrogens (tertiary/aromatic N) is 4. The normalized spacial score (nSPS) is 14.9.